The highest BCUT2D eigenvalue weighted by Crippen LogP contribution is 2.34. The van der Waals surface area contributed by atoms with Crippen molar-refractivity contribution in [3.8, 4) is 5.75 Å². The van der Waals surface area contributed by atoms with Crippen LogP contribution in [0.25, 0.3) is 0 Å². The van der Waals surface area contributed by atoms with Gasteiger partial charge in [0.05, 0.1) is 7.11 Å². The highest BCUT2D eigenvalue weighted by molar-refractivity contribution is 5.61. The van der Waals surface area contributed by atoms with Crippen molar-refractivity contribution in [2.45, 2.75) is 25.8 Å². The highest BCUT2D eigenvalue weighted by atomic mass is 16.5. The van der Waals surface area contributed by atoms with Crippen LogP contribution in [-0.4, -0.2) is 12.6 Å². The molecule has 0 amide bonds. The van der Waals surface area contributed by atoms with Crippen LogP contribution in [0.3, 0.4) is 0 Å². The normalized spacial score (nSPS) is 17.8. The number of methoxy groups -OCH3 is 1. The Bertz CT molecular complexity index is 331. The summed E-state index contributed by atoms with van der Waals surface area (Å²) >= 11 is 0. The van der Waals surface area contributed by atoms with Crippen molar-refractivity contribution in [2.24, 2.45) is 0 Å². The van der Waals surface area contributed by atoms with Crippen molar-refractivity contribution >= 4 is 5.69 Å². The summed E-state index contributed by atoms with van der Waals surface area (Å²) in [4.78, 5) is 0. The van der Waals surface area contributed by atoms with Gasteiger partial charge in [-0.15, -0.1) is 0 Å². The van der Waals surface area contributed by atoms with Crippen molar-refractivity contribution < 1.29 is 4.74 Å². The molecule has 2 nitrogen and oxygen atoms in total. The number of nitrogens with one attached hydrogen (secondary N) is 1. The van der Waals surface area contributed by atoms with Crippen molar-refractivity contribution in [1.82, 2.24) is 0 Å². The van der Waals surface area contributed by atoms with Gasteiger partial charge in [-0.1, -0.05) is 6.07 Å². The minimum atomic E-state index is 0.189. The van der Waals surface area contributed by atoms with E-state index < -0.39 is 0 Å². The maximum Gasteiger partial charge on any atom is 0.120 e. The SMILES string of the molecule is COc1ccc2c(c1)NC(C)(C)C2. The molecule has 70 valence electrons. The molecule has 0 radical (unpaired) electrons. The average molecular weight is 177 g/mol. The molecule has 0 fully saturated rings. The van der Waals surface area contributed by atoms with Gasteiger partial charge >= 0.3 is 0 Å². The molecule has 1 aromatic rings. The first-order valence-electron chi connectivity index (χ1n) is 4.56. The molecule has 0 aromatic heterocycles. The first-order valence-corrected chi connectivity index (χ1v) is 4.56. The maximum absolute atomic E-state index is 5.17. The van der Waals surface area contributed by atoms with Crippen LogP contribution < -0.4 is 10.1 Å². The Kier molecular flexibility index (Phi) is 1.72. The number of benzene rings is 1. The fourth-order valence-electron chi connectivity index (χ4n) is 1.84. The van der Waals surface area contributed by atoms with Crippen LogP contribution >= 0.6 is 0 Å². The number of rotatable bonds is 1. The topological polar surface area (TPSA) is 21.3 Å². The Balaban J connectivity index is 2.36. The monoisotopic (exact) mass is 177 g/mol. The van der Waals surface area contributed by atoms with Gasteiger partial charge in [0.1, 0.15) is 5.75 Å². The second kappa shape index (κ2) is 2.66. The number of anilines is 1. The summed E-state index contributed by atoms with van der Waals surface area (Å²) in [6, 6.07) is 6.21. The Morgan fingerprint density at radius 3 is 2.85 bits per heavy atom. The standard InChI is InChI=1S/C11H15NO/c1-11(2)7-8-4-5-9(13-3)6-10(8)12-11/h4-6,12H,7H2,1-3H3. The van der Waals surface area contributed by atoms with Crippen LogP contribution in [0, 0.1) is 0 Å². The van der Waals surface area contributed by atoms with Crippen molar-refractivity contribution in [1.29, 1.82) is 0 Å². The second-order valence-corrected chi connectivity index (χ2v) is 4.21. The summed E-state index contributed by atoms with van der Waals surface area (Å²) in [5, 5.41) is 3.47. The number of hydrogen-bond donors (Lipinski definition) is 1. The van der Waals surface area contributed by atoms with E-state index in [0.29, 0.717) is 0 Å². The third-order valence-electron chi connectivity index (χ3n) is 2.42. The Morgan fingerprint density at radius 1 is 1.38 bits per heavy atom. The van der Waals surface area contributed by atoms with E-state index in [4.69, 9.17) is 4.74 Å². The lowest BCUT2D eigenvalue weighted by atomic mass is 10.0. The Hall–Kier alpha value is -1.18. The van der Waals surface area contributed by atoms with Gasteiger partial charge in [-0.05, 0) is 31.9 Å². The molecule has 0 saturated heterocycles. The molecule has 1 N–H and O–H groups in total. The van der Waals surface area contributed by atoms with Gasteiger partial charge in [0.25, 0.3) is 0 Å². The van der Waals surface area contributed by atoms with Crippen LogP contribution in [0.1, 0.15) is 19.4 Å². The molecule has 1 aliphatic rings. The molecular formula is C11H15NO. The zero-order chi connectivity index (χ0) is 9.47. The molecule has 2 heteroatoms. The third kappa shape index (κ3) is 1.48. The molecule has 0 atom stereocenters. The van der Waals surface area contributed by atoms with Gasteiger partial charge in [0, 0.05) is 17.3 Å². The van der Waals surface area contributed by atoms with E-state index in [0.717, 1.165) is 12.2 Å². The maximum atomic E-state index is 5.17. The lowest BCUT2D eigenvalue weighted by Crippen LogP contribution is -2.26. The number of hydrogen-bond acceptors (Lipinski definition) is 2. The predicted octanol–water partition coefficient (Wildman–Crippen LogP) is 2.44. The van der Waals surface area contributed by atoms with Crippen LogP contribution in [0.2, 0.25) is 0 Å². The van der Waals surface area contributed by atoms with E-state index in [9.17, 15) is 0 Å². The van der Waals surface area contributed by atoms with Gasteiger partial charge in [-0.3, -0.25) is 0 Å². The molecule has 2 rings (SSSR count). The van der Waals surface area contributed by atoms with Gasteiger partial charge in [-0.25, -0.2) is 0 Å². The second-order valence-electron chi connectivity index (χ2n) is 4.21. The minimum Gasteiger partial charge on any atom is -0.497 e. The fraction of sp³-hybridized carbons (Fsp3) is 0.455. The quantitative estimate of drug-likeness (QED) is 0.711. The summed E-state index contributed by atoms with van der Waals surface area (Å²) in [7, 11) is 1.70. The van der Waals surface area contributed by atoms with E-state index in [-0.39, 0.29) is 5.54 Å². The first kappa shape index (κ1) is 8.42. The van der Waals surface area contributed by atoms with Crippen LogP contribution in [-0.2, 0) is 6.42 Å². The number of fused-ring (bicyclic) bond motifs is 1. The average Bonchev–Trinajstić information content (AvgIpc) is 2.36. The fourth-order valence-corrected chi connectivity index (χ4v) is 1.84. The summed E-state index contributed by atoms with van der Waals surface area (Å²) in [5.74, 6) is 0.920. The first-order chi connectivity index (χ1) is 6.11. The summed E-state index contributed by atoms with van der Waals surface area (Å²) in [6.07, 6.45) is 1.09. The highest BCUT2D eigenvalue weighted by Gasteiger charge is 2.27. The Labute approximate surface area is 78.9 Å². The van der Waals surface area contributed by atoms with Crippen LogP contribution in [0.5, 0.6) is 5.75 Å². The molecule has 13 heavy (non-hydrogen) atoms. The van der Waals surface area contributed by atoms with Gasteiger partial charge < -0.3 is 10.1 Å². The molecule has 0 unspecified atom stereocenters. The third-order valence-corrected chi connectivity index (χ3v) is 2.42. The van der Waals surface area contributed by atoms with E-state index >= 15 is 0 Å². The van der Waals surface area contributed by atoms with E-state index in [1.54, 1.807) is 7.11 Å². The number of ether oxygens (including phenoxy) is 1. The zero-order valence-corrected chi connectivity index (χ0v) is 8.35. The van der Waals surface area contributed by atoms with Gasteiger partial charge in [0.15, 0.2) is 0 Å². The molecule has 0 bridgehead atoms. The van der Waals surface area contributed by atoms with E-state index in [2.05, 4.69) is 31.3 Å². The minimum absolute atomic E-state index is 0.189. The smallest absolute Gasteiger partial charge is 0.120 e. The molecule has 0 saturated carbocycles. The lowest BCUT2D eigenvalue weighted by molar-refractivity contribution is 0.415. The molecule has 0 spiro atoms. The van der Waals surface area contributed by atoms with Crippen LogP contribution in [0.15, 0.2) is 18.2 Å². The van der Waals surface area contributed by atoms with Crippen molar-refractivity contribution in [3.05, 3.63) is 23.8 Å². The molecule has 0 aliphatic carbocycles. The summed E-state index contributed by atoms with van der Waals surface area (Å²) < 4.78 is 5.17. The summed E-state index contributed by atoms with van der Waals surface area (Å²) in [5.41, 5.74) is 2.78. The lowest BCUT2D eigenvalue weighted by Gasteiger charge is -2.17. The molecule has 1 heterocycles. The van der Waals surface area contributed by atoms with Gasteiger partial charge in [0.2, 0.25) is 0 Å². The molecule has 1 aromatic carbocycles. The predicted molar refractivity (Wildman–Crippen MR) is 54.4 cm³/mol. The molecule has 1 aliphatic heterocycles. The largest absolute Gasteiger partial charge is 0.497 e. The summed E-state index contributed by atoms with van der Waals surface area (Å²) in [6.45, 7) is 4.42. The van der Waals surface area contributed by atoms with E-state index in [1.807, 2.05) is 6.07 Å². The van der Waals surface area contributed by atoms with E-state index in [1.165, 1.54) is 11.3 Å². The molecular weight excluding hydrogens is 162 g/mol. The van der Waals surface area contributed by atoms with Crippen molar-refractivity contribution in [3.63, 3.8) is 0 Å². The van der Waals surface area contributed by atoms with Crippen molar-refractivity contribution in [2.75, 3.05) is 12.4 Å². The van der Waals surface area contributed by atoms with Gasteiger partial charge in [-0.2, -0.15) is 0 Å². The van der Waals surface area contributed by atoms with Crippen LogP contribution in [0.4, 0.5) is 5.69 Å². The zero-order valence-electron chi connectivity index (χ0n) is 8.35. The Morgan fingerprint density at radius 2 is 2.15 bits per heavy atom.